The molecule has 6 unspecified atom stereocenters. The molecule has 0 bridgehead atoms. The number of fused-ring (bicyclic) bond motifs is 1. The number of β-lactam (4-membered cyclic amide) rings is 1. The number of hydrogen-bond acceptors (Lipinski definition) is 7. The van der Waals surface area contributed by atoms with Crippen LogP contribution < -0.4 is 5.32 Å². The average Bonchev–Trinajstić information content (AvgIpc) is 3.40. The molecule has 10 nitrogen and oxygen atoms in total. The number of aliphatic hydroxyl groups excluding tert-OH is 1. The van der Waals surface area contributed by atoms with Crippen molar-refractivity contribution >= 4 is 35.4 Å². The number of likely N-dealkylation sites (N-methyl/N-ethyl adjacent to an activating group) is 1. The molecule has 0 aromatic heterocycles. The van der Waals surface area contributed by atoms with Crippen molar-refractivity contribution in [1.82, 2.24) is 20.0 Å². The van der Waals surface area contributed by atoms with Crippen molar-refractivity contribution in [2.75, 3.05) is 26.7 Å². The second-order valence-corrected chi connectivity index (χ2v) is 11.4. The van der Waals surface area contributed by atoms with Crippen LogP contribution in [0.5, 0.6) is 0 Å². The number of hydrogen-bond donors (Lipinski definition) is 4. The predicted molar refractivity (Wildman–Crippen MR) is 124 cm³/mol. The van der Waals surface area contributed by atoms with Crippen LogP contribution in [0, 0.1) is 11.3 Å². The van der Waals surface area contributed by atoms with Crippen LogP contribution in [0.4, 0.5) is 0 Å². The van der Waals surface area contributed by atoms with Gasteiger partial charge >= 0.3 is 5.97 Å². The van der Waals surface area contributed by atoms with Crippen LogP contribution in [0.2, 0.25) is 0 Å². The lowest BCUT2D eigenvalue weighted by Gasteiger charge is -2.56. The molecule has 11 heteroatoms. The number of likely N-dealkylation sites (tertiary alicyclic amines) is 2. The van der Waals surface area contributed by atoms with Crippen molar-refractivity contribution in [1.29, 1.82) is 5.41 Å². The largest absolute Gasteiger partial charge is 0.477 e. The van der Waals surface area contributed by atoms with Gasteiger partial charge in [-0.3, -0.25) is 24.8 Å². The van der Waals surface area contributed by atoms with Crippen molar-refractivity contribution in [2.24, 2.45) is 5.92 Å². The Morgan fingerprint density at radius 3 is 2.67 bits per heavy atom. The normalized spacial score (nSPS) is 36.9. The summed E-state index contributed by atoms with van der Waals surface area (Å²) in [6, 6.07) is -0.607. The molecule has 4 aliphatic rings. The molecule has 0 radical (unpaired) electrons. The first-order chi connectivity index (χ1) is 15.5. The number of thioether (sulfide) groups is 1. The van der Waals surface area contributed by atoms with E-state index in [4.69, 9.17) is 5.41 Å². The van der Waals surface area contributed by atoms with Gasteiger partial charge in [-0.2, -0.15) is 0 Å². The number of nitrogens with zero attached hydrogens (tertiary/aromatic N) is 3. The summed E-state index contributed by atoms with van der Waals surface area (Å²) in [6.45, 7) is 7.00. The minimum Gasteiger partial charge on any atom is -0.477 e. The highest BCUT2D eigenvalue weighted by Gasteiger charge is 2.69. The lowest BCUT2D eigenvalue weighted by Crippen LogP contribution is -2.76. The zero-order chi connectivity index (χ0) is 24.2. The smallest absolute Gasteiger partial charge is 0.352 e. The van der Waals surface area contributed by atoms with Gasteiger partial charge in [0.25, 0.3) is 0 Å². The van der Waals surface area contributed by atoms with Crippen LogP contribution in [-0.2, 0) is 14.4 Å². The Morgan fingerprint density at radius 1 is 1.36 bits per heavy atom. The molecule has 182 valence electrons. The van der Waals surface area contributed by atoms with Crippen LogP contribution in [0.15, 0.2) is 11.8 Å². The van der Waals surface area contributed by atoms with E-state index >= 15 is 0 Å². The maximum Gasteiger partial charge on any atom is 0.352 e. The number of nitrogens with one attached hydrogen (secondary N) is 2. The van der Waals surface area contributed by atoms with Gasteiger partial charge < -0.3 is 20.4 Å². The molecular weight excluding hydrogens is 446 g/mol. The third kappa shape index (κ3) is 3.83. The Labute approximate surface area is 197 Å². The van der Waals surface area contributed by atoms with E-state index in [2.05, 4.69) is 5.32 Å². The zero-order valence-corrected chi connectivity index (χ0v) is 20.3. The number of carboxylic acid groups (broad SMARTS) is 1. The molecule has 2 amide bonds. The Bertz CT molecular complexity index is 910. The number of carbonyl (C=O) groups excluding carboxylic acids is 2. The SMILES string of the molecule is CC(=N)NC1CCN(C(=O)C2CC(SC3(C(C)O)C(=O)N4C(C(=O)O)=CC(C)[C@H]43)CN2C)C1. The molecule has 0 spiro atoms. The molecule has 0 aliphatic carbocycles. The highest BCUT2D eigenvalue weighted by Crippen LogP contribution is 2.55. The maximum atomic E-state index is 13.2. The molecule has 4 N–H and O–H groups in total. The Kier molecular flexibility index (Phi) is 6.25. The number of rotatable bonds is 6. The second-order valence-electron chi connectivity index (χ2n) is 9.78. The van der Waals surface area contributed by atoms with E-state index in [0.717, 1.165) is 6.42 Å². The first-order valence-corrected chi connectivity index (χ1v) is 12.3. The Balaban J connectivity index is 1.44. The quantitative estimate of drug-likeness (QED) is 0.236. The molecule has 4 heterocycles. The molecule has 4 rings (SSSR count). The van der Waals surface area contributed by atoms with Crippen LogP contribution in [-0.4, -0.2) is 109 Å². The molecule has 0 aromatic rings. The van der Waals surface area contributed by atoms with E-state index in [1.165, 1.54) is 16.7 Å². The van der Waals surface area contributed by atoms with Gasteiger partial charge in [0.15, 0.2) is 0 Å². The Morgan fingerprint density at radius 2 is 2.06 bits per heavy atom. The van der Waals surface area contributed by atoms with Crippen molar-refractivity contribution in [2.45, 2.75) is 67.8 Å². The Hall–Kier alpha value is -2.11. The number of amides is 2. The summed E-state index contributed by atoms with van der Waals surface area (Å²) < 4.78 is -1.11. The number of aliphatic hydroxyl groups is 1. The molecule has 0 aromatic carbocycles. The van der Waals surface area contributed by atoms with E-state index in [-0.39, 0.29) is 40.8 Å². The van der Waals surface area contributed by atoms with Crippen LogP contribution >= 0.6 is 11.8 Å². The first kappa shape index (κ1) is 24.0. The standard InChI is InChI=1S/C22H33N5O5S/c1-11-7-17(20(30)31)27-18(11)22(12(2)28,21(27)32)33-15-8-16(25(4)10-15)19(29)26-6-5-14(9-26)24-13(3)23/h7,11-12,14-16,18,28H,5-6,8-10H2,1-4H3,(H2,23,24)(H,30,31)/t11?,12?,14?,15?,16?,18-,22?/m0/s1. The average molecular weight is 480 g/mol. The van der Waals surface area contributed by atoms with Gasteiger partial charge in [0.05, 0.1) is 24.0 Å². The third-order valence-electron chi connectivity index (χ3n) is 7.37. The van der Waals surface area contributed by atoms with Crippen LogP contribution in [0.3, 0.4) is 0 Å². The van der Waals surface area contributed by atoms with E-state index in [9.17, 15) is 24.6 Å². The second kappa shape index (κ2) is 8.59. The fraction of sp³-hybridized carbons (Fsp3) is 0.727. The van der Waals surface area contributed by atoms with Crippen molar-refractivity contribution in [3.8, 4) is 0 Å². The molecule has 33 heavy (non-hydrogen) atoms. The fourth-order valence-corrected chi connectivity index (χ4v) is 7.88. The molecule has 4 aliphatic heterocycles. The van der Waals surface area contributed by atoms with E-state index in [1.807, 2.05) is 23.8 Å². The summed E-state index contributed by atoms with van der Waals surface area (Å²) in [5.74, 6) is -1.22. The molecule has 3 fully saturated rings. The van der Waals surface area contributed by atoms with Crippen LogP contribution in [0.1, 0.15) is 33.6 Å². The minimum absolute atomic E-state index is 0.0108. The highest BCUT2D eigenvalue weighted by atomic mass is 32.2. The van der Waals surface area contributed by atoms with E-state index < -0.39 is 22.9 Å². The van der Waals surface area contributed by atoms with Crippen molar-refractivity contribution < 1.29 is 24.6 Å². The van der Waals surface area contributed by atoms with Gasteiger partial charge in [0, 0.05) is 30.9 Å². The molecule has 0 saturated carbocycles. The zero-order valence-electron chi connectivity index (χ0n) is 19.4. The number of carbonyl (C=O) groups is 3. The van der Waals surface area contributed by atoms with E-state index in [0.29, 0.717) is 31.9 Å². The van der Waals surface area contributed by atoms with Crippen molar-refractivity contribution in [3.63, 3.8) is 0 Å². The lowest BCUT2D eigenvalue weighted by atomic mass is 9.78. The minimum atomic E-state index is -1.13. The lowest BCUT2D eigenvalue weighted by molar-refractivity contribution is -0.158. The fourth-order valence-electron chi connectivity index (χ4n) is 5.89. The van der Waals surface area contributed by atoms with E-state index in [1.54, 1.807) is 19.9 Å². The summed E-state index contributed by atoms with van der Waals surface area (Å²) in [5.41, 5.74) is -0.0108. The maximum absolute atomic E-state index is 13.2. The molecular formula is C22H33N5O5S. The van der Waals surface area contributed by atoms with Gasteiger partial charge in [0.1, 0.15) is 10.4 Å². The molecule has 3 saturated heterocycles. The highest BCUT2D eigenvalue weighted by molar-refractivity contribution is 8.02. The van der Waals surface area contributed by atoms with Gasteiger partial charge in [-0.15, -0.1) is 11.8 Å². The number of aliphatic carboxylic acids is 1. The van der Waals surface area contributed by atoms with Gasteiger partial charge in [-0.25, -0.2) is 4.79 Å². The third-order valence-corrected chi connectivity index (χ3v) is 9.19. The van der Waals surface area contributed by atoms with Gasteiger partial charge in [-0.05, 0) is 45.7 Å². The monoisotopic (exact) mass is 479 g/mol. The topological polar surface area (TPSA) is 137 Å². The van der Waals surface area contributed by atoms with Crippen molar-refractivity contribution in [3.05, 3.63) is 11.8 Å². The van der Waals surface area contributed by atoms with Gasteiger partial charge in [0.2, 0.25) is 11.8 Å². The summed E-state index contributed by atoms with van der Waals surface area (Å²) in [7, 11) is 1.91. The summed E-state index contributed by atoms with van der Waals surface area (Å²) >= 11 is 1.41. The number of carboxylic acids is 1. The van der Waals surface area contributed by atoms with Crippen LogP contribution in [0.25, 0.3) is 0 Å². The predicted octanol–water partition coefficient (Wildman–Crippen LogP) is -0.0714. The number of amidine groups is 1. The summed E-state index contributed by atoms with van der Waals surface area (Å²) in [4.78, 5) is 43.2. The van der Waals surface area contributed by atoms with Gasteiger partial charge in [-0.1, -0.05) is 6.92 Å². The summed E-state index contributed by atoms with van der Waals surface area (Å²) in [5, 5.41) is 30.8. The summed E-state index contributed by atoms with van der Waals surface area (Å²) in [6.07, 6.45) is 2.02. The first-order valence-electron chi connectivity index (χ1n) is 11.4. The molecule has 7 atom stereocenters.